The van der Waals surface area contributed by atoms with Crippen LogP contribution in [0.25, 0.3) is 0 Å². The standard InChI is InChI=1S/C27H32FN3O5/c1-16(2)26(33)30-19-8-11-23-21(12-19)27(34)31(3)22-10-9-20(36-24(22)15-35-23)13-25(32)29-14-17-4-6-18(28)7-5-17/h4-8,11-12,16,20,22,24H,9-10,13-15H2,1-3H3,(H,29,32)(H,30,33)/t20-,22+,24+/m1/s1. The fourth-order valence-electron chi connectivity index (χ4n) is 4.47. The van der Waals surface area contributed by atoms with Gasteiger partial charge in [0.05, 0.1) is 24.1 Å². The molecule has 9 heteroatoms. The van der Waals surface area contributed by atoms with Gasteiger partial charge in [-0.1, -0.05) is 26.0 Å². The Morgan fingerprint density at radius 3 is 2.61 bits per heavy atom. The quantitative estimate of drug-likeness (QED) is 0.637. The first kappa shape index (κ1) is 25.6. The number of rotatable bonds is 6. The molecular weight excluding hydrogens is 465 g/mol. The lowest BCUT2D eigenvalue weighted by atomic mass is 9.94. The Balaban J connectivity index is 1.38. The van der Waals surface area contributed by atoms with E-state index in [1.165, 1.54) is 12.1 Å². The van der Waals surface area contributed by atoms with E-state index >= 15 is 0 Å². The molecule has 0 aliphatic carbocycles. The molecule has 36 heavy (non-hydrogen) atoms. The van der Waals surface area contributed by atoms with Gasteiger partial charge in [0.15, 0.2) is 0 Å². The average Bonchev–Trinajstić information content (AvgIpc) is 2.86. The molecule has 0 unspecified atom stereocenters. The van der Waals surface area contributed by atoms with E-state index in [-0.39, 0.29) is 60.7 Å². The molecule has 0 radical (unpaired) electrons. The Bertz CT molecular complexity index is 1120. The molecular formula is C27H32FN3O5. The van der Waals surface area contributed by atoms with Crippen molar-refractivity contribution in [2.75, 3.05) is 19.0 Å². The average molecular weight is 498 g/mol. The monoisotopic (exact) mass is 497 g/mol. The normalized spacial score (nSPS) is 21.5. The first-order chi connectivity index (χ1) is 17.2. The maximum Gasteiger partial charge on any atom is 0.257 e. The van der Waals surface area contributed by atoms with Crippen LogP contribution in [0.2, 0.25) is 0 Å². The first-order valence-corrected chi connectivity index (χ1v) is 12.2. The van der Waals surface area contributed by atoms with Crippen LogP contribution in [0.4, 0.5) is 10.1 Å². The highest BCUT2D eigenvalue weighted by Gasteiger charge is 2.39. The zero-order chi connectivity index (χ0) is 25.8. The van der Waals surface area contributed by atoms with Gasteiger partial charge in [-0.05, 0) is 48.7 Å². The van der Waals surface area contributed by atoms with E-state index in [9.17, 15) is 18.8 Å². The molecule has 4 rings (SSSR count). The largest absolute Gasteiger partial charge is 0.490 e. The number of amides is 3. The van der Waals surface area contributed by atoms with Crippen LogP contribution in [0, 0.1) is 11.7 Å². The smallest absolute Gasteiger partial charge is 0.257 e. The highest BCUT2D eigenvalue weighted by molar-refractivity contribution is 6.00. The van der Waals surface area contributed by atoms with Crippen LogP contribution in [0.3, 0.4) is 0 Å². The number of hydrogen-bond donors (Lipinski definition) is 2. The highest BCUT2D eigenvalue weighted by atomic mass is 19.1. The molecule has 1 fully saturated rings. The Morgan fingerprint density at radius 2 is 1.89 bits per heavy atom. The molecule has 192 valence electrons. The number of nitrogens with zero attached hydrogens (tertiary/aromatic N) is 1. The second-order valence-corrected chi connectivity index (χ2v) is 9.63. The molecule has 2 aromatic carbocycles. The molecule has 0 spiro atoms. The molecule has 2 N–H and O–H groups in total. The molecule has 2 aromatic rings. The summed E-state index contributed by atoms with van der Waals surface area (Å²) < 4.78 is 25.2. The number of carbonyl (C=O) groups excluding carboxylic acids is 3. The number of likely N-dealkylation sites (N-methyl/N-ethyl adjacent to an activating group) is 1. The summed E-state index contributed by atoms with van der Waals surface area (Å²) in [5.74, 6) is -0.563. The Hall–Kier alpha value is -3.46. The second-order valence-electron chi connectivity index (χ2n) is 9.63. The van der Waals surface area contributed by atoms with Gasteiger partial charge >= 0.3 is 0 Å². The molecule has 2 heterocycles. The van der Waals surface area contributed by atoms with Gasteiger partial charge in [0, 0.05) is 25.2 Å². The van der Waals surface area contributed by atoms with Gasteiger partial charge in [0.1, 0.15) is 24.3 Å². The third-order valence-corrected chi connectivity index (χ3v) is 6.62. The summed E-state index contributed by atoms with van der Waals surface area (Å²) in [7, 11) is 1.74. The fraction of sp³-hybridized carbons (Fsp3) is 0.444. The summed E-state index contributed by atoms with van der Waals surface area (Å²) in [5.41, 5.74) is 1.75. The van der Waals surface area contributed by atoms with Gasteiger partial charge < -0.3 is 25.0 Å². The maximum absolute atomic E-state index is 13.3. The number of anilines is 1. The molecule has 3 atom stereocenters. The van der Waals surface area contributed by atoms with E-state index < -0.39 is 0 Å². The number of hydrogen-bond acceptors (Lipinski definition) is 5. The Labute approximate surface area is 210 Å². The van der Waals surface area contributed by atoms with E-state index in [4.69, 9.17) is 9.47 Å². The van der Waals surface area contributed by atoms with Crippen LogP contribution >= 0.6 is 0 Å². The topological polar surface area (TPSA) is 97.0 Å². The van der Waals surface area contributed by atoms with Gasteiger partial charge in [-0.3, -0.25) is 14.4 Å². The van der Waals surface area contributed by atoms with Crippen molar-refractivity contribution < 1.29 is 28.2 Å². The summed E-state index contributed by atoms with van der Waals surface area (Å²) in [4.78, 5) is 39.5. The van der Waals surface area contributed by atoms with Crippen LogP contribution in [0.1, 0.15) is 49.0 Å². The number of carbonyl (C=O) groups is 3. The minimum Gasteiger partial charge on any atom is -0.490 e. The molecule has 0 aromatic heterocycles. The summed E-state index contributed by atoms with van der Waals surface area (Å²) >= 11 is 0. The van der Waals surface area contributed by atoms with Gasteiger partial charge in [-0.25, -0.2) is 4.39 Å². The van der Waals surface area contributed by atoms with Gasteiger partial charge in [-0.15, -0.1) is 0 Å². The van der Waals surface area contributed by atoms with Crippen molar-refractivity contribution in [2.45, 2.75) is 57.9 Å². The van der Waals surface area contributed by atoms with E-state index in [1.807, 2.05) is 0 Å². The van der Waals surface area contributed by atoms with Crippen LogP contribution in [-0.2, 0) is 20.9 Å². The molecule has 3 amide bonds. The SMILES string of the molecule is CC(C)C(=O)Nc1ccc2c(c1)C(=O)N(C)[C@H]1CC[C@H](CC(=O)NCc3ccc(F)cc3)O[C@H]1CO2. The van der Waals surface area contributed by atoms with E-state index in [0.717, 1.165) is 5.56 Å². The molecule has 0 bridgehead atoms. The molecule has 2 aliphatic heterocycles. The lowest BCUT2D eigenvalue weighted by Gasteiger charge is -2.42. The minimum absolute atomic E-state index is 0.129. The molecule has 2 aliphatic rings. The molecule has 8 nitrogen and oxygen atoms in total. The Kier molecular flexibility index (Phi) is 7.88. The summed E-state index contributed by atoms with van der Waals surface area (Å²) in [6.07, 6.45) is 0.818. The van der Waals surface area contributed by atoms with Crippen molar-refractivity contribution in [3.63, 3.8) is 0 Å². The van der Waals surface area contributed by atoms with Gasteiger partial charge in [0.2, 0.25) is 11.8 Å². The van der Waals surface area contributed by atoms with Gasteiger partial charge in [0.25, 0.3) is 5.91 Å². The number of nitrogens with one attached hydrogen (secondary N) is 2. The predicted molar refractivity (Wildman–Crippen MR) is 132 cm³/mol. The van der Waals surface area contributed by atoms with Gasteiger partial charge in [-0.2, -0.15) is 0 Å². The van der Waals surface area contributed by atoms with Crippen molar-refractivity contribution in [3.8, 4) is 5.75 Å². The van der Waals surface area contributed by atoms with E-state index in [0.29, 0.717) is 36.4 Å². The van der Waals surface area contributed by atoms with E-state index in [1.54, 1.807) is 56.1 Å². The lowest BCUT2D eigenvalue weighted by Crippen LogP contribution is -2.53. The van der Waals surface area contributed by atoms with Crippen molar-refractivity contribution in [3.05, 3.63) is 59.4 Å². The van der Waals surface area contributed by atoms with Crippen LogP contribution < -0.4 is 15.4 Å². The Morgan fingerprint density at radius 1 is 1.14 bits per heavy atom. The molecule has 0 saturated carbocycles. The second kappa shape index (κ2) is 11.1. The predicted octanol–water partition coefficient (Wildman–Crippen LogP) is 3.51. The zero-order valence-electron chi connectivity index (χ0n) is 20.8. The number of halogens is 1. The van der Waals surface area contributed by atoms with Crippen LogP contribution in [0.5, 0.6) is 5.75 Å². The third kappa shape index (κ3) is 6.02. The number of benzene rings is 2. The fourth-order valence-corrected chi connectivity index (χ4v) is 4.47. The minimum atomic E-state index is -0.379. The lowest BCUT2D eigenvalue weighted by molar-refractivity contribution is -0.134. The molecule has 1 saturated heterocycles. The summed E-state index contributed by atoms with van der Waals surface area (Å²) in [5, 5.41) is 5.67. The number of fused-ring (bicyclic) bond motifs is 2. The van der Waals surface area contributed by atoms with Crippen LogP contribution in [0.15, 0.2) is 42.5 Å². The van der Waals surface area contributed by atoms with Crippen molar-refractivity contribution in [1.29, 1.82) is 0 Å². The van der Waals surface area contributed by atoms with Crippen molar-refractivity contribution in [1.82, 2.24) is 10.2 Å². The number of ether oxygens (including phenoxy) is 2. The van der Waals surface area contributed by atoms with E-state index in [2.05, 4.69) is 10.6 Å². The van der Waals surface area contributed by atoms with Crippen LogP contribution in [-0.4, -0.2) is 54.5 Å². The first-order valence-electron chi connectivity index (χ1n) is 12.2. The maximum atomic E-state index is 13.3. The van der Waals surface area contributed by atoms with Crippen molar-refractivity contribution in [2.24, 2.45) is 5.92 Å². The zero-order valence-corrected chi connectivity index (χ0v) is 20.8. The highest BCUT2D eigenvalue weighted by Crippen LogP contribution is 2.32. The summed E-state index contributed by atoms with van der Waals surface area (Å²) in [6.45, 7) is 4.16. The summed E-state index contributed by atoms with van der Waals surface area (Å²) in [6, 6.07) is 10.8. The van der Waals surface area contributed by atoms with Crippen molar-refractivity contribution >= 4 is 23.4 Å². The third-order valence-electron chi connectivity index (χ3n) is 6.62.